The van der Waals surface area contributed by atoms with Crippen LogP contribution < -0.4 is 5.32 Å². The van der Waals surface area contributed by atoms with Gasteiger partial charge in [0, 0.05) is 18.6 Å². The quantitative estimate of drug-likeness (QED) is 0.815. The van der Waals surface area contributed by atoms with E-state index in [1.807, 2.05) is 18.7 Å². The molecule has 0 spiro atoms. The van der Waals surface area contributed by atoms with Crippen molar-refractivity contribution in [3.05, 3.63) is 0 Å². The number of nitrogens with one attached hydrogen (secondary N) is 1. The topological polar surface area (TPSA) is 69.6 Å². The first-order valence-corrected chi connectivity index (χ1v) is 7.61. The van der Waals surface area contributed by atoms with Gasteiger partial charge in [-0.3, -0.25) is 4.79 Å². The molecule has 5 heteroatoms. The van der Waals surface area contributed by atoms with Gasteiger partial charge in [-0.1, -0.05) is 13.8 Å². The average Bonchev–Trinajstić information content (AvgIpc) is 2.33. The van der Waals surface area contributed by atoms with Gasteiger partial charge in [0.2, 0.25) is 0 Å². The van der Waals surface area contributed by atoms with Crippen molar-refractivity contribution < 1.29 is 14.7 Å². The molecule has 116 valence electrons. The lowest BCUT2D eigenvalue weighted by Gasteiger charge is -2.39. The molecular formula is C15H28N2O3. The van der Waals surface area contributed by atoms with Crippen LogP contribution >= 0.6 is 0 Å². The molecule has 20 heavy (non-hydrogen) atoms. The van der Waals surface area contributed by atoms with Crippen LogP contribution in [0, 0.1) is 11.8 Å². The predicted molar refractivity (Wildman–Crippen MR) is 78.6 cm³/mol. The molecule has 3 unspecified atom stereocenters. The summed E-state index contributed by atoms with van der Waals surface area (Å²) < 4.78 is 0. The Labute approximate surface area is 121 Å². The Bertz CT molecular complexity index is 334. The minimum atomic E-state index is -0.834. The van der Waals surface area contributed by atoms with Crippen LogP contribution in [0.1, 0.15) is 53.4 Å². The van der Waals surface area contributed by atoms with Crippen LogP contribution in [-0.4, -0.2) is 40.6 Å². The fraction of sp³-hybridized carbons (Fsp3) is 0.867. The Morgan fingerprint density at radius 1 is 1.25 bits per heavy atom. The van der Waals surface area contributed by atoms with E-state index in [1.165, 1.54) is 0 Å². The van der Waals surface area contributed by atoms with Gasteiger partial charge in [-0.2, -0.15) is 0 Å². The first kappa shape index (κ1) is 16.8. The van der Waals surface area contributed by atoms with E-state index in [0.29, 0.717) is 12.3 Å². The Balaban J connectivity index is 2.54. The van der Waals surface area contributed by atoms with Crippen molar-refractivity contribution in [2.24, 2.45) is 11.8 Å². The van der Waals surface area contributed by atoms with E-state index in [2.05, 4.69) is 19.2 Å². The van der Waals surface area contributed by atoms with E-state index < -0.39 is 11.9 Å². The van der Waals surface area contributed by atoms with Gasteiger partial charge in [0.05, 0.1) is 5.92 Å². The number of carboxylic acid groups (broad SMARTS) is 1. The number of likely N-dealkylation sites (tertiary alicyclic amines) is 1. The van der Waals surface area contributed by atoms with Gasteiger partial charge in [0.1, 0.15) is 0 Å². The van der Waals surface area contributed by atoms with E-state index in [-0.39, 0.29) is 24.7 Å². The van der Waals surface area contributed by atoms with Crippen molar-refractivity contribution in [1.82, 2.24) is 10.2 Å². The molecule has 3 atom stereocenters. The van der Waals surface area contributed by atoms with E-state index in [4.69, 9.17) is 0 Å². The van der Waals surface area contributed by atoms with Crippen molar-refractivity contribution in [2.45, 2.75) is 65.5 Å². The highest BCUT2D eigenvalue weighted by atomic mass is 16.4. The van der Waals surface area contributed by atoms with Gasteiger partial charge in [-0.25, -0.2) is 4.79 Å². The first-order valence-electron chi connectivity index (χ1n) is 7.61. The molecule has 2 amide bonds. The molecule has 1 saturated heterocycles. The van der Waals surface area contributed by atoms with Crippen molar-refractivity contribution >= 4 is 12.0 Å². The van der Waals surface area contributed by atoms with Crippen LogP contribution in [0.25, 0.3) is 0 Å². The van der Waals surface area contributed by atoms with Crippen LogP contribution in [0.4, 0.5) is 4.79 Å². The zero-order valence-electron chi connectivity index (χ0n) is 13.1. The van der Waals surface area contributed by atoms with Crippen molar-refractivity contribution in [2.75, 3.05) is 6.54 Å². The molecule has 0 saturated carbocycles. The highest BCUT2D eigenvalue weighted by molar-refractivity contribution is 5.76. The Kier molecular flexibility index (Phi) is 6.30. The summed E-state index contributed by atoms with van der Waals surface area (Å²) in [5.74, 6) is -1.03. The van der Waals surface area contributed by atoms with Crippen molar-refractivity contribution in [3.63, 3.8) is 0 Å². The third-order valence-electron chi connectivity index (χ3n) is 4.03. The molecule has 1 heterocycles. The van der Waals surface area contributed by atoms with Crippen LogP contribution in [-0.2, 0) is 4.79 Å². The van der Waals surface area contributed by atoms with Gasteiger partial charge in [0.15, 0.2) is 0 Å². The first-order chi connectivity index (χ1) is 9.32. The Morgan fingerprint density at radius 2 is 1.80 bits per heavy atom. The lowest BCUT2D eigenvalue weighted by Crippen LogP contribution is -2.52. The Morgan fingerprint density at radius 3 is 2.25 bits per heavy atom. The number of carbonyl (C=O) groups is 2. The number of hydrogen-bond acceptors (Lipinski definition) is 2. The smallest absolute Gasteiger partial charge is 0.317 e. The maximum Gasteiger partial charge on any atom is 0.317 e. The van der Waals surface area contributed by atoms with Gasteiger partial charge in [-0.05, 0) is 45.4 Å². The molecule has 1 aliphatic heterocycles. The van der Waals surface area contributed by atoms with Gasteiger partial charge >= 0.3 is 12.0 Å². The number of carbonyl (C=O) groups excluding carboxylic acids is 1. The number of nitrogens with zero attached hydrogens (tertiary/aromatic N) is 1. The summed E-state index contributed by atoms with van der Waals surface area (Å²) in [7, 11) is 0. The van der Waals surface area contributed by atoms with E-state index >= 15 is 0 Å². The molecule has 0 aromatic rings. The third kappa shape index (κ3) is 4.69. The highest BCUT2D eigenvalue weighted by Crippen LogP contribution is 2.22. The molecule has 5 nitrogen and oxygen atoms in total. The summed E-state index contributed by atoms with van der Waals surface area (Å²) in [6.07, 6.45) is 3.77. The monoisotopic (exact) mass is 284 g/mol. The maximum atomic E-state index is 12.3. The second-order valence-electron chi connectivity index (χ2n) is 6.39. The standard InChI is InChI=1S/C15H28N2O3/c1-10(2)8-13(14(18)19)9-16-15(20)17-11(3)6-5-7-12(17)4/h10-13H,5-9H2,1-4H3,(H,16,20)(H,18,19). The minimum Gasteiger partial charge on any atom is -0.481 e. The van der Waals surface area contributed by atoms with Crippen LogP contribution in [0.3, 0.4) is 0 Å². The van der Waals surface area contributed by atoms with Gasteiger partial charge in [-0.15, -0.1) is 0 Å². The number of carboxylic acids is 1. The largest absolute Gasteiger partial charge is 0.481 e. The number of rotatable bonds is 5. The summed E-state index contributed by atoms with van der Waals surface area (Å²) in [5.41, 5.74) is 0. The van der Waals surface area contributed by atoms with Crippen LogP contribution in [0.15, 0.2) is 0 Å². The lowest BCUT2D eigenvalue weighted by molar-refractivity contribution is -0.142. The maximum absolute atomic E-state index is 12.3. The number of urea groups is 1. The number of aliphatic carboxylic acids is 1. The summed E-state index contributed by atoms with van der Waals surface area (Å²) in [5, 5.41) is 12.0. The van der Waals surface area contributed by atoms with Crippen molar-refractivity contribution in [1.29, 1.82) is 0 Å². The summed E-state index contributed by atoms with van der Waals surface area (Å²) >= 11 is 0. The van der Waals surface area contributed by atoms with E-state index in [0.717, 1.165) is 19.3 Å². The fourth-order valence-electron chi connectivity index (χ4n) is 2.96. The zero-order valence-corrected chi connectivity index (χ0v) is 13.1. The second kappa shape index (κ2) is 7.50. The molecule has 0 aromatic carbocycles. The van der Waals surface area contributed by atoms with Crippen LogP contribution in [0.2, 0.25) is 0 Å². The molecule has 1 fully saturated rings. The molecule has 0 aromatic heterocycles. The molecule has 0 radical (unpaired) electrons. The van der Waals surface area contributed by atoms with E-state index in [1.54, 1.807) is 0 Å². The molecule has 1 rings (SSSR count). The Hall–Kier alpha value is -1.26. The normalized spacial score (nSPS) is 24.6. The third-order valence-corrected chi connectivity index (χ3v) is 4.03. The predicted octanol–water partition coefficient (Wildman–Crippen LogP) is 2.71. The van der Waals surface area contributed by atoms with Crippen LogP contribution in [0.5, 0.6) is 0 Å². The number of amides is 2. The van der Waals surface area contributed by atoms with Gasteiger partial charge < -0.3 is 15.3 Å². The molecule has 0 aliphatic carbocycles. The average molecular weight is 284 g/mol. The fourth-order valence-corrected chi connectivity index (χ4v) is 2.96. The second-order valence-corrected chi connectivity index (χ2v) is 6.39. The van der Waals surface area contributed by atoms with Crippen molar-refractivity contribution in [3.8, 4) is 0 Å². The summed E-state index contributed by atoms with van der Waals surface area (Å²) in [6, 6.07) is 0.332. The molecule has 0 bridgehead atoms. The highest BCUT2D eigenvalue weighted by Gasteiger charge is 2.29. The molecule has 2 N–H and O–H groups in total. The minimum absolute atomic E-state index is 0.125. The lowest BCUT2D eigenvalue weighted by atomic mass is 9.96. The molecular weight excluding hydrogens is 256 g/mol. The van der Waals surface area contributed by atoms with Gasteiger partial charge in [0.25, 0.3) is 0 Å². The number of piperidine rings is 1. The zero-order chi connectivity index (χ0) is 15.3. The summed E-state index contributed by atoms with van der Waals surface area (Å²) in [6.45, 7) is 8.30. The molecule has 1 aliphatic rings. The number of hydrogen-bond donors (Lipinski definition) is 2. The SMILES string of the molecule is CC(C)CC(CNC(=O)N1C(C)CCCC1C)C(=O)O. The summed E-state index contributed by atoms with van der Waals surface area (Å²) in [4.78, 5) is 25.3. The van der Waals surface area contributed by atoms with E-state index in [9.17, 15) is 14.7 Å².